The Labute approximate surface area is 346 Å². The van der Waals surface area contributed by atoms with E-state index in [4.69, 9.17) is 41.7 Å². The Kier molecular flexibility index (Phi) is 12.7. The van der Waals surface area contributed by atoms with Crippen LogP contribution in [0.25, 0.3) is 0 Å². The van der Waals surface area contributed by atoms with Gasteiger partial charge in [-0.15, -0.1) is 0 Å². The van der Waals surface area contributed by atoms with Crippen LogP contribution in [-0.2, 0) is 41.7 Å². The van der Waals surface area contributed by atoms with Gasteiger partial charge in [0.2, 0.25) is 0 Å². The van der Waals surface area contributed by atoms with Crippen molar-refractivity contribution in [1.82, 2.24) is 0 Å². The summed E-state index contributed by atoms with van der Waals surface area (Å²) in [5.41, 5.74) is 0.559. The van der Waals surface area contributed by atoms with Crippen LogP contribution in [-0.4, -0.2) is 103 Å². The van der Waals surface area contributed by atoms with Gasteiger partial charge in [0, 0.05) is 22.9 Å². The highest BCUT2D eigenvalue weighted by Gasteiger charge is 2.65. The van der Waals surface area contributed by atoms with Crippen LogP contribution >= 0.6 is 0 Å². The number of halogens is 1. The molecule has 0 N–H and O–H groups in total. The first-order valence-corrected chi connectivity index (χ1v) is 25.4. The highest BCUT2D eigenvalue weighted by molar-refractivity contribution is 6.74. The van der Waals surface area contributed by atoms with Crippen molar-refractivity contribution in [3.63, 3.8) is 0 Å². The second-order valence-electron chi connectivity index (χ2n) is 20.2. The van der Waals surface area contributed by atoms with Gasteiger partial charge in [0.15, 0.2) is 38.7 Å². The van der Waals surface area contributed by atoms with E-state index in [0.29, 0.717) is 0 Å². The molecule has 0 aromatic heterocycles. The predicted molar refractivity (Wildman–Crippen MR) is 221 cm³/mol. The number of carbonyl (C=O) groups excluding carboxylic acids is 2. The molecule has 4 fully saturated rings. The number of hydrogen-bond acceptors (Lipinski definition) is 11. The lowest BCUT2D eigenvalue weighted by Crippen LogP contribution is -2.70. The molecule has 6 rings (SSSR count). The summed E-state index contributed by atoms with van der Waals surface area (Å²) < 4.78 is 76.3. The van der Waals surface area contributed by atoms with Crippen molar-refractivity contribution in [3.05, 3.63) is 71.8 Å². The highest BCUT2D eigenvalue weighted by Crippen LogP contribution is 2.56. The summed E-state index contributed by atoms with van der Waals surface area (Å²) in [5, 5.41) is -0.674. The van der Waals surface area contributed by atoms with Crippen LogP contribution < -0.4 is 0 Å². The van der Waals surface area contributed by atoms with E-state index < -0.39 is 95.9 Å². The van der Waals surface area contributed by atoms with E-state index in [0.717, 1.165) is 0 Å². The lowest BCUT2D eigenvalue weighted by Gasteiger charge is -2.58. The Balaban J connectivity index is 1.32. The van der Waals surface area contributed by atoms with Gasteiger partial charge in [-0.2, -0.15) is 0 Å². The van der Waals surface area contributed by atoms with Crippen molar-refractivity contribution in [2.45, 2.75) is 184 Å². The van der Waals surface area contributed by atoms with E-state index in [1.807, 2.05) is 0 Å². The van der Waals surface area contributed by atoms with Gasteiger partial charge in [-0.05, 0) is 56.2 Å². The molecule has 10 atom stereocenters. The Morgan fingerprint density at radius 1 is 0.810 bits per heavy atom. The monoisotopic (exact) mass is 844 g/mol. The standard InChI is InChI=1S/C44H65FO11Si2/c1-41(2,3)57(12,13)55-32-25-30(49-33-26-48-58(42(4,5)6,43(7,8)9)56-34(32)33)29(45)24-31-35(51-38(46)27-20-16-14-17-21-27)36(37-40(50-31)54-44(10,11)53-37)52-39(47)28-22-18-15-19-23-28/h14-23,29-37,40H,24-26H2,1-13H3/t29?,30-,31+,32+,33+,34-,35+,36-,37+,40+/m0/s1. The molecule has 0 saturated carbocycles. The first-order valence-electron chi connectivity index (χ1n) is 20.6. The summed E-state index contributed by atoms with van der Waals surface area (Å²) >= 11 is 0. The van der Waals surface area contributed by atoms with Crippen molar-refractivity contribution >= 4 is 28.8 Å². The third-order valence-corrected chi connectivity index (χ3v) is 21.9. The van der Waals surface area contributed by atoms with Crippen LogP contribution in [0.4, 0.5) is 4.39 Å². The van der Waals surface area contributed by atoms with Crippen molar-refractivity contribution in [2.75, 3.05) is 6.61 Å². The lowest BCUT2D eigenvalue weighted by atomic mass is 9.90. The zero-order valence-electron chi connectivity index (χ0n) is 36.5. The summed E-state index contributed by atoms with van der Waals surface area (Å²) in [4.78, 5) is 27.4. The molecule has 2 aromatic carbocycles. The molecule has 14 heteroatoms. The maximum absolute atomic E-state index is 17.3. The second kappa shape index (κ2) is 16.4. The van der Waals surface area contributed by atoms with Crippen molar-refractivity contribution in [1.29, 1.82) is 0 Å². The molecule has 4 aliphatic rings. The minimum Gasteiger partial charge on any atom is -0.452 e. The minimum absolute atomic E-state index is 0.120. The molecule has 4 saturated heterocycles. The Morgan fingerprint density at radius 2 is 1.34 bits per heavy atom. The minimum atomic E-state index is -2.94. The average molecular weight is 845 g/mol. The van der Waals surface area contributed by atoms with Crippen LogP contribution in [0.15, 0.2) is 60.7 Å². The fraction of sp³-hybridized carbons (Fsp3) is 0.682. The molecule has 2 aromatic rings. The van der Waals surface area contributed by atoms with Crippen LogP contribution in [0.3, 0.4) is 0 Å². The summed E-state index contributed by atoms with van der Waals surface area (Å²) in [6, 6.07) is 16.9. The van der Waals surface area contributed by atoms with Crippen LogP contribution in [0.5, 0.6) is 0 Å². The van der Waals surface area contributed by atoms with Crippen LogP contribution in [0.2, 0.25) is 28.2 Å². The molecule has 4 heterocycles. The predicted octanol–water partition coefficient (Wildman–Crippen LogP) is 9.05. The van der Waals surface area contributed by atoms with Gasteiger partial charge in [-0.25, -0.2) is 14.0 Å². The molecule has 0 bridgehead atoms. The third-order valence-electron chi connectivity index (χ3n) is 12.3. The molecule has 322 valence electrons. The van der Waals surface area contributed by atoms with Gasteiger partial charge < -0.3 is 41.7 Å². The van der Waals surface area contributed by atoms with Crippen molar-refractivity contribution in [3.8, 4) is 0 Å². The molecule has 0 amide bonds. The summed E-state index contributed by atoms with van der Waals surface area (Å²) in [7, 11) is -5.34. The van der Waals surface area contributed by atoms with Crippen LogP contribution in [0.1, 0.15) is 110 Å². The van der Waals surface area contributed by atoms with E-state index >= 15 is 4.39 Å². The molecule has 58 heavy (non-hydrogen) atoms. The van der Waals surface area contributed by atoms with Gasteiger partial charge in [0.05, 0.1) is 29.9 Å². The van der Waals surface area contributed by atoms with E-state index in [1.165, 1.54) is 0 Å². The lowest BCUT2D eigenvalue weighted by molar-refractivity contribution is -0.258. The number of ether oxygens (including phenoxy) is 6. The second-order valence-corrected chi connectivity index (χ2v) is 29.8. The Morgan fingerprint density at radius 3 is 1.86 bits per heavy atom. The topological polar surface area (TPSA) is 117 Å². The number of fused-ring (bicyclic) bond motifs is 2. The van der Waals surface area contributed by atoms with Gasteiger partial charge >= 0.3 is 20.5 Å². The fourth-order valence-corrected chi connectivity index (χ4v) is 14.9. The van der Waals surface area contributed by atoms with Crippen molar-refractivity contribution < 1.29 is 55.7 Å². The number of hydrogen-bond donors (Lipinski definition) is 0. The maximum atomic E-state index is 17.3. The van der Waals surface area contributed by atoms with E-state index in [2.05, 4.69) is 75.4 Å². The first-order chi connectivity index (χ1) is 26.8. The normalized spacial score (nSPS) is 31.7. The van der Waals surface area contributed by atoms with E-state index in [-0.39, 0.29) is 45.7 Å². The molecule has 11 nitrogen and oxygen atoms in total. The smallest absolute Gasteiger partial charge is 0.349 e. The van der Waals surface area contributed by atoms with Crippen molar-refractivity contribution in [2.24, 2.45) is 0 Å². The third kappa shape index (κ3) is 9.20. The Bertz CT molecular complexity index is 1730. The molecule has 0 aliphatic carbocycles. The molecule has 4 aliphatic heterocycles. The number of esters is 2. The quantitative estimate of drug-likeness (QED) is 0.178. The molecule has 1 unspecified atom stereocenters. The van der Waals surface area contributed by atoms with Gasteiger partial charge in [0.1, 0.15) is 24.5 Å². The number of carbonyl (C=O) groups is 2. The number of benzene rings is 2. The Hall–Kier alpha value is -2.54. The zero-order valence-corrected chi connectivity index (χ0v) is 38.5. The SMILES string of the molecule is CC1(C)O[C@H]2O[C@H](CC(F)[C@@H]3C[C@@H](O[Si](C)(C)C(C)(C)C)[C@@H]4O[Si](C(C)(C)C)(C(C)(C)C)OC[C@H]4O3)[C@@H](OC(=O)c3ccccc3)[C@H](OC(=O)c3ccccc3)[C@H]2O1. The van der Waals surface area contributed by atoms with Gasteiger partial charge in [-0.1, -0.05) is 98.7 Å². The fourth-order valence-electron chi connectivity index (χ4n) is 8.59. The summed E-state index contributed by atoms with van der Waals surface area (Å²) in [5.74, 6) is -2.49. The number of alkyl halides is 1. The molecule has 0 radical (unpaired) electrons. The number of rotatable bonds is 9. The molecular weight excluding hydrogens is 780 g/mol. The van der Waals surface area contributed by atoms with Gasteiger partial charge in [0.25, 0.3) is 0 Å². The van der Waals surface area contributed by atoms with E-state index in [9.17, 15) is 9.59 Å². The summed E-state index contributed by atoms with van der Waals surface area (Å²) in [6.07, 6.45) is -9.82. The van der Waals surface area contributed by atoms with E-state index in [1.54, 1.807) is 74.5 Å². The first kappa shape index (κ1) is 45.0. The highest BCUT2D eigenvalue weighted by atomic mass is 28.4. The largest absolute Gasteiger partial charge is 0.452 e. The molecule has 0 spiro atoms. The average Bonchev–Trinajstić information content (AvgIpc) is 3.45. The molecular formula is C44H65FO11Si2. The van der Waals surface area contributed by atoms with Crippen LogP contribution in [0, 0.1) is 0 Å². The maximum Gasteiger partial charge on any atom is 0.349 e. The zero-order chi connectivity index (χ0) is 42.6. The summed E-state index contributed by atoms with van der Waals surface area (Å²) in [6.45, 7) is 27.6. The van der Waals surface area contributed by atoms with Gasteiger partial charge in [-0.3, -0.25) is 0 Å².